The Labute approximate surface area is 176 Å². The van der Waals surface area contributed by atoms with Gasteiger partial charge in [-0.15, -0.1) is 0 Å². The van der Waals surface area contributed by atoms with E-state index in [9.17, 15) is 8.42 Å². The Hall–Kier alpha value is -2.39. The maximum Gasteiger partial charge on any atom is 0.246 e. The first-order chi connectivity index (χ1) is 14.5. The first kappa shape index (κ1) is 19.6. The van der Waals surface area contributed by atoms with Gasteiger partial charge in [0.15, 0.2) is 0 Å². The number of fused-ring (bicyclic) bond motifs is 1. The Balaban J connectivity index is 1.31. The summed E-state index contributed by atoms with van der Waals surface area (Å²) in [5, 5.41) is 0. The van der Waals surface area contributed by atoms with E-state index in [0.717, 1.165) is 24.6 Å². The molecule has 30 heavy (non-hydrogen) atoms. The molecule has 0 amide bonds. The van der Waals surface area contributed by atoms with E-state index in [1.54, 1.807) is 35.9 Å². The number of methoxy groups -OCH3 is 2. The molecular weight excluding hydrogens is 404 g/mol. The zero-order valence-corrected chi connectivity index (χ0v) is 18.0. The zero-order chi connectivity index (χ0) is 20.9. The van der Waals surface area contributed by atoms with E-state index in [-0.39, 0.29) is 4.90 Å². The van der Waals surface area contributed by atoms with Gasteiger partial charge in [-0.1, -0.05) is 0 Å². The summed E-state index contributed by atoms with van der Waals surface area (Å²) in [5.74, 6) is 3.02. The maximum atomic E-state index is 13.3. The molecule has 0 N–H and O–H groups in total. The lowest BCUT2D eigenvalue weighted by molar-refractivity contribution is 0.382. The summed E-state index contributed by atoms with van der Waals surface area (Å²) in [4.78, 5) is 11.3. The number of rotatable bonds is 6. The highest BCUT2D eigenvalue weighted by atomic mass is 32.2. The number of hydrogen-bond donors (Lipinski definition) is 0. The van der Waals surface area contributed by atoms with Gasteiger partial charge < -0.3 is 14.4 Å². The average molecular weight is 431 g/mol. The lowest BCUT2D eigenvalue weighted by Gasteiger charge is -2.23. The average Bonchev–Trinajstić information content (AvgIpc) is 3.42. The Bertz CT molecular complexity index is 1040. The number of aromatic nitrogens is 2. The molecule has 2 atom stereocenters. The molecule has 5 rings (SSSR count). The zero-order valence-electron chi connectivity index (χ0n) is 17.2. The van der Waals surface area contributed by atoms with Crippen molar-refractivity contribution in [1.82, 2.24) is 14.3 Å². The van der Waals surface area contributed by atoms with E-state index in [2.05, 4.69) is 20.9 Å². The van der Waals surface area contributed by atoms with Gasteiger partial charge in [-0.2, -0.15) is 4.31 Å². The van der Waals surface area contributed by atoms with E-state index in [1.807, 2.05) is 0 Å². The number of benzene rings is 1. The number of anilines is 1. The number of hydrogen-bond acceptors (Lipinski definition) is 7. The van der Waals surface area contributed by atoms with E-state index in [1.165, 1.54) is 20.0 Å². The van der Waals surface area contributed by atoms with Crippen molar-refractivity contribution in [2.75, 3.05) is 45.3 Å². The van der Waals surface area contributed by atoms with Crippen molar-refractivity contribution in [3.8, 4) is 11.5 Å². The van der Waals surface area contributed by atoms with Crippen LogP contribution in [-0.4, -0.2) is 63.1 Å². The summed E-state index contributed by atoms with van der Waals surface area (Å²) in [5.41, 5.74) is 1.13. The molecule has 9 heteroatoms. The number of nitrogens with zero attached hydrogens (tertiary/aromatic N) is 4. The minimum absolute atomic E-state index is 0.188. The Morgan fingerprint density at radius 1 is 0.967 bits per heavy atom. The molecule has 1 aromatic carbocycles. The molecule has 3 aliphatic rings. The van der Waals surface area contributed by atoms with Crippen molar-refractivity contribution in [1.29, 1.82) is 0 Å². The second-order valence-electron chi connectivity index (χ2n) is 8.34. The second-order valence-corrected chi connectivity index (χ2v) is 10.2. The van der Waals surface area contributed by atoms with Gasteiger partial charge in [-0.25, -0.2) is 18.4 Å². The third kappa shape index (κ3) is 3.39. The molecule has 2 aromatic rings. The number of sulfonamides is 1. The lowest BCUT2D eigenvalue weighted by atomic mass is 10.0. The SMILES string of the molecule is COc1ccc(S(=O)(=O)N2CC3CN(c4cc(C5CC5)ncn4)CC3C2)c(OC)c1. The van der Waals surface area contributed by atoms with E-state index >= 15 is 0 Å². The smallest absolute Gasteiger partial charge is 0.246 e. The molecule has 3 heterocycles. The van der Waals surface area contributed by atoms with Crippen LogP contribution < -0.4 is 14.4 Å². The van der Waals surface area contributed by atoms with Gasteiger partial charge in [-0.05, 0) is 36.8 Å². The van der Waals surface area contributed by atoms with Crippen LogP contribution in [0.2, 0.25) is 0 Å². The van der Waals surface area contributed by atoms with Crippen LogP contribution in [0.5, 0.6) is 11.5 Å². The summed E-state index contributed by atoms with van der Waals surface area (Å²) in [6.07, 6.45) is 4.08. The standard InChI is InChI=1S/C21H26N4O4S/c1-28-17-5-6-20(19(7-17)29-2)30(26,27)25-11-15-9-24(10-16(15)12-25)21-8-18(14-3-4-14)22-13-23-21/h5-8,13-16H,3-4,9-12H2,1-2H3. The van der Waals surface area contributed by atoms with Crippen molar-refractivity contribution in [2.45, 2.75) is 23.7 Å². The van der Waals surface area contributed by atoms with Crippen LogP contribution in [-0.2, 0) is 10.0 Å². The van der Waals surface area contributed by atoms with Crippen LogP contribution in [0.4, 0.5) is 5.82 Å². The van der Waals surface area contributed by atoms with Gasteiger partial charge >= 0.3 is 0 Å². The van der Waals surface area contributed by atoms with E-state index < -0.39 is 10.0 Å². The van der Waals surface area contributed by atoms with Gasteiger partial charge in [0, 0.05) is 49.9 Å². The topological polar surface area (TPSA) is 84.9 Å². The van der Waals surface area contributed by atoms with Crippen LogP contribution in [0.3, 0.4) is 0 Å². The maximum absolute atomic E-state index is 13.3. The quantitative estimate of drug-likeness (QED) is 0.694. The minimum Gasteiger partial charge on any atom is -0.497 e. The minimum atomic E-state index is -3.63. The summed E-state index contributed by atoms with van der Waals surface area (Å²) in [7, 11) is -0.614. The second kappa shape index (κ2) is 7.39. The van der Waals surface area contributed by atoms with E-state index in [4.69, 9.17) is 9.47 Å². The van der Waals surface area contributed by atoms with Crippen LogP contribution in [0, 0.1) is 11.8 Å². The molecule has 2 saturated heterocycles. The Morgan fingerprint density at radius 3 is 2.33 bits per heavy atom. The third-order valence-electron chi connectivity index (χ3n) is 6.43. The van der Waals surface area contributed by atoms with Gasteiger partial charge in [0.2, 0.25) is 10.0 Å². The van der Waals surface area contributed by atoms with Crippen molar-refractivity contribution < 1.29 is 17.9 Å². The fourth-order valence-electron chi connectivity index (χ4n) is 4.60. The highest BCUT2D eigenvalue weighted by molar-refractivity contribution is 7.89. The first-order valence-corrected chi connectivity index (χ1v) is 11.7. The molecule has 160 valence electrons. The van der Waals surface area contributed by atoms with Crippen molar-refractivity contribution in [3.63, 3.8) is 0 Å². The van der Waals surface area contributed by atoms with Crippen molar-refractivity contribution in [2.24, 2.45) is 11.8 Å². The van der Waals surface area contributed by atoms with Crippen LogP contribution in [0.25, 0.3) is 0 Å². The predicted molar refractivity (Wildman–Crippen MR) is 112 cm³/mol. The fraction of sp³-hybridized carbons (Fsp3) is 0.524. The lowest BCUT2D eigenvalue weighted by Crippen LogP contribution is -2.33. The molecule has 0 spiro atoms. The summed E-state index contributed by atoms with van der Waals surface area (Å²) in [6.45, 7) is 2.66. The van der Waals surface area contributed by atoms with Crippen LogP contribution in [0.15, 0.2) is 35.5 Å². The van der Waals surface area contributed by atoms with Crippen LogP contribution >= 0.6 is 0 Å². The van der Waals surface area contributed by atoms with Crippen LogP contribution in [0.1, 0.15) is 24.5 Å². The van der Waals surface area contributed by atoms with E-state index in [0.29, 0.717) is 42.3 Å². The molecule has 8 nitrogen and oxygen atoms in total. The molecule has 2 aliphatic heterocycles. The summed E-state index contributed by atoms with van der Waals surface area (Å²) >= 11 is 0. The summed E-state index contributed by atoms with van der Waals surface area (Å²) < 4.78 is 38.7. The molecule has 1 saturated carbocycles. The molecule has 0 bridgehead atoms. The van der Waals surface area contributed by atoms with Gasteiger partial charge in [-0.3, -0.25) is 0 Å². The Kier molecular flexibility index (Phi) is 4.82. The highest BCUT2D eigenvalue weighted by Crippen LogP contribution is 2.41. The summed E-state index contributed by atoms with van der Waals surface area (Å²) in [6, 6.07) is 6.93. The van der Waals surface area contributed by atoms with Gasteiger partial charge in [0.25, 0.3) is 0 Å². The predicted octanol–water partition coefficient (Wildman–Crippen LogP) is 2.13. The molecule has 1 aromatic heterocycles. The van der Waals surface area contributed by atoms with Crippen molar-refractivity contribution >= 4 is 15.8 Å². The number of ether oxygens (including phenoxy) is 2. The molecule has 1 aliphatic carbocycles. The van der Waals surface area contributed by atoms with Gasteiger partial charge in [0.05, 0.1) is 14.2 Å². The van der Waals surface area contributed by atoms with Gasteiger partial charge in [0.1, 0.15) is 28.5 Å². The molecule has 2 unspecified atom stereocenters. The largest absolute Gasteiger partial charge is 0.497 e. The third-order valence-corrected chi connectivity index (χ3v) is 8.31. The first-order valence-electron chi connectivity index (χ1n) is 10.3. The molecule has 3 fully saturated rings. The fourth-order valence-corrected chi connectivity index (χ4v) is 6.29. The normalized spacial score (nSPS) is 24.1. The molecule has 0 radical (unpaired) electrons. The highest BCUT2D eigenvalue weighted by Gasteiger charge is 2.45. The Morgan fingerprint density at radius 2 is 1.70 bits per heavy atom. The monoisotopic (exact) mass is 430 g/mol. The van der Waals surface area contributed by atoms with Crippen molar-refractivity contribution in [3.05, 3.63) is 36.3 Å². The molecular formula is C21H26N4O4S.